The van der Waals surface area contributed by atoms with E-state index in [1.807, 2.05) is 42.5 Å². The van der Waals surface area contributed by atoms with Gasteiger partial charge in [0, 0.05) is 30.5 Å². The Morgan fingerprint density at radius 1 is 1.12 bits per heavy atom. The van der Waals surface area contributed by atoms with Crippen molar-refractivity contribution in [2.45, 2.75) is 51.0 Å². The number of thiocarbonyl (C=S) groups is 1. The van der Waals surface area contributed by atoms with Gasteiger partial charge in [0.15, 0.2) is 5.13 Å². The van der Waals surface area contributed by atoms with Gasteiger partial charge >= 0.3 is 0 Å². The lowest BCUT2D eigenvalue weighted by molar-refractivity contribution is -0.122. The van der Waals surface area contributed by atoms with Gasteiger partial charge in [-0.2, -0.15) is 0 Å². The fraction of sp³-hybridized carbons (Fsp3) is 0.310. The van der Waals surface area contributed by atoms with Crippen LogP contribution in [0.4, 0.5) is 5.13 Å². The molecule has 1 saturated heterocycles. The molecule has 0 bridgehead atoms. The molecule has 5 rings (SSSR count). The van der Waals surface area contributed by atoms with Crippen LogP contribution in [0.15, 0.2) is 53.6 Å². The van der Waals surface area contributed by atoms with Crippen LogP contribution in [0.25, 0.3) is 6.08 Å². The second-order valence-electron chi connectivity index (χ2n) is 9.64. The fourth-order valence-electron chi connectivity index (χ4n) is 4.56. The average Bonchev–Trinajstić information content (AvgIpc) is 3.49. The smallest absolute Gasteiger partial charge is 0.266 e. The zero-order chi connectivity index (χ0) is 28.1. The predicted molar refractivity (Wildman–Crippen MR) is 168 cm³/mol. The zero-order valence-corrected chi connectivity index (χ0v) is 25.5. The van der Waals surface area contributed by atoms with E-state index in [-0.39, 0.29) is 24.8 Å². The molecule has 1 aliphatic heterocycles. The number of amides is 2. The van der Waals surface area contributed by atoms with E-state index in [9.17, 15) is 9.59 Å². The summed E-state index contributed by atoms with van der Waals surface area (Å²) in [5.41, 5.74) is 1.90. The molecule has 1 saturated carbocycles. The number of aromatic nitrogens is 1. The van der Waals surface area contributed by atoms with Crippen molar-refractivity contribution in [2.24, 2.45) is 0 Å². The van der Waals surface area contributed by atoms with Gasteiger partial charge in [0.05, 0.1) is 21.1 Å². The highest BCUT2D eigenvalue weighted by molar-refractivity contribution is 8.26. The minimum Gasteiger partial charge on any atom is -0.490 e. The van der Waals surface area contributed by atoms with Crippen molar-refractivity contribution in [1.82, 2.24) is 9.88 Å². The fourth-order valence-corrected chi connectivity index (χ4v) is 7.05. The van der Waals surface area contributed by atoms with Crippen molar-refractivity contribution in [1.29, 1.82) is 0 Å². The van der Waals surface area contributed by atoms with E-state index < -0.39 is 0 Å². The molecule has 1 aliphatic carbocycles. The summed E-state index contributed by atoms with van der Waals surface area (Å²) in [4.78, 5) is 32.9. The third-order valence-corrected chi connectivity index (χ3v) is 9.66. The molecule has 2 fully saturated rings. The Balaban J connectivity index is 1.11. The van der Waals surface area contributed by atoms with Gasteiger partial charge in [0.25, 0.3) is 5.91 Å². The first kappa shape index (κ1) is 29.1. The first-order chi connectivity index (χ1) is 19.3. The van der Waals surface area contributed by atoms with Gasteiger partial charge in [-0.3, -0.25) is 14.5 Å². The maximum absolute atomic E-state index is 13.0. The van der Waals surface area contributed by atoms with Gasteiger partial charge in [-0.15, -0.1) is 11.3 Å². The molecule has 0 spiro atoms. The Morgan fingerprint density at radius 3 is 2.65 bits per heavy atom. The van der Waals surface area contributed by atoms with Gasteiger partial charge in [0.2, 0.25) is 5.91 Å². The molecule has 0 unspecified atom stereocenters. The highest BCUT2D eigenvalue weighted by atomic mass is 35.5. The summed E-state index contributed by atoms with van der Waals surface area (Å²) in [7, 11) is 0. The number of halogens is 2. The van der Waals surface area contributed by atoms with Gasteiger partial charge in [-0.05, 0) is 67.2 Å². The third-order valence-electron chi connectivity index (χ3n) is 6.63. The van der Waals surface area contributed by atoms with Crippen molar-refractivity contribution in [3.63, 3.8) is 0 Å². The van der Waals surface area contributed by atoms with E-state index in [0.717, 1.165) is 34.6 Å². The second-order valence-corrected chi connectivity index (χ2v) is 13.2. The van der Waals surface area contributed by atoms with E-state index in [1.54, 1.807) is 12.3 Å². The molecule has 0 radical (unpaired) electrons. The van der Waals surface area contributed by atoms with Crippen LogP contribution in [-0.2, 0) is 16.0 Å². The van der Waals surface area contributed by atoms with Crippen molar-refractivity contribution in [2.75, 3.05) is 11.9 Å². The first-order valence-corrected chi connectivity index (χ1v) is 15.8. The van der Waals surface area contributed by atoms with Crippen LogP contribution in [0.1, 0.15) is 54.5 Å². The molecular formula is C29H27Cl2N3O3S3. The zero-order valence-electron chi connectivity index (χ0n) is 21.5. The lowest BCUT2D eigenvalue weighted by Crippen LogP contribution is -2.31. The number of ether oxygens (including phenoxy) is 1. The normalized spacial score (nSPS) is 17.1. The number of anilines is 1. The SMILES string of the molecule is O=C(CCN1C(=O)/C(=C/c2ccc(OC3CCCCC3)cc2)SC1=S)Nc1ncc(Cc2ccc(Cl)c(Cl)c2)s1. The summed E-state index contributed by atoms with van der Waals surface area (Å²) in [6.07, 6.45) is 10.5. The van der Waals surface area contributed by atoms with Gasteiger partial charge in [-0.1, -0.05) is 71.8 Å². The quantitative estimate of drug-likeness (QED) is 0.191. The van der Waals surface area contributed by atoms with Crippen LogP contribution < -0.4 is 10.1 Å². The van der Waals surface area contributed by atoms with Crippen LogP contribution in [0.2, 0.25) is 10.0 Å². The van der Waals surface area contributed by atoms with Crippen LogP contribution >= 0.6 is 58.5 Å². The average molecular weight is 633 g/mol. The molecule has 1 N–H and O–H groups in total. The number of thioether (sulfide) groups is 1. The monoisotopic (exact) mass is 631 g/mol. The summed E-state index contributed by atoms with van der Waals surface area (Å²) in [6, 6.07) is 13.3. The Hall–Kier alpha value is -2.43. The summed E-state index contributed by atoms with van der Waals surface area (Å²) < 4.78 is 6.54. The van der Waals surface area contributed by atoms with Crippen molar-refractivity contribution < 1.29 is 14.3 Å². The molecule has 40 heavy (non-hydrogen) atoms. The molecule has 0 atom stereocenters. The number of rotatable bonds is 9. The number of thiazole rings is 1. The molecule has 6 nitrogen and oxygen atoms in total. The van der Waals surface area contributed by atoms with Crippen LogP contribution in [0.3, 0.4) is 0 Å². The highest BCUT2D eigenvalue weighted by Gasteiger charge is 2.32. The minimum absolute atomic E-state index is 0.106. The summed E-state index contributed by atoms with van der Waals surface area (Å²) in [5, 5.41) is 4.32. The van der Waals surface area contributed by atoms with E-state index in [2.05, 4.69) is 10.3 Å². The largest absolute Gasteiger partial charge is 0.490 e. The Morgan fingerprint density at radius 2 is 1.90 bits per heavy atom. The Labute approximate surface area is 257 Å². The van der Waals surface area contributed by atoms with E-state index in [4.69, 9.17) is 40.2 Å². The number of nitrogens with zero attached hydrogens (tertiary/aromatic N) is 2. The van der Waals surface area contributed by atoms with Crippen LogP contribution in [0.5, 0.6) is 5.75 Å². The molecule has 2 amide bonds. The number of benzene rings is 2. The number of carbonyl (C=O) groups is 2. The summed E-state index contributed by atoms with van der Waals surface area (Å²) in [6.45, 7) is 0.198. The molecule has 2 aliphatic rings. The summed E-state index contributed by atoms with van der Waals surface area (Å²) >= 11 is 20.2. The maximum Gasteiger partial charge on any atom is 0.266 e. The Kier molecular flexibility index (Phi) is 9.80. The first-order valence-electron chi connectivity index (χ1n) is 13.0. The van der Waals surface area contributed by atoms with Crippen molar-refractivity contribution in [3.05, 3.63) is 79.6 Å². The van der Waals surface area contributed by atoms with E-state index >= 15 is 0 Å². The number of hydrogen-bond donors (Lipinski definition) is 1. The summed E-state index contributed by atoms with van der Waals surface area (Å²) in [5.74, 6) is 0.426. The van der Waals surface area contributed by atoms with Crippen molar-refractivity contribution >= 4 is 85.9 Å². The molecule has 2 aromatic carbocycles. The van der Waals surface area contributed by atoms with E-state index in [1.165, 1.54) is 47.3 Å². The number of hydrogen-bond acceptors (Lipinski definition) is 7. The lowest BCUT2D eigenvalue weighted by Gasteiger charge is -2.22. The third kappa shape index (κ3) is 7.64. The standard InChI is InChI=1S/C29H27Cl2N3O3S3/c30-23-11-8-19(15-24(23)31)14-22-17-32-28(39-22)33-26(35)12-13-34-27(36)25(40-29(34)38)16-18-6-9-21(10-7-18)37-20-4-2-1-3-5-20/h6-11,15-17,20H,1-5,12-14H2,(H,32,33,35)/b25-16-. The van der Waals surface area contributed by atoms with Gasteiger partial charge < -0.3 is 10.1 Å². The molecule has 2 heterocycles. The highest BCUT2D eigenvalue weighted by Crippen LogP contribution is 2.33. The number of nitrogens with one attached hydrogen (secondary N) is 1. The predicted octanol–water partition coefficient (Wildman–Crippen LogP) is 7.98. The second kappa shape index (κ2) is 13.5. The molecule has 11 heteroatoms. The Bertz CT molecular complexity index is 1440. The van der Waals surface area contributed by atoms with Gasteiger partial charge in [0.1, 0.15) is 10.1 Å². The molecular weight excluding hydrogens is 605 g/mol. The maximum atomic E-state index is 13.0. The van der Waals surface area contributed by atoms with Crippen LogP contribution in [0, 0.1) is 0 Å². The minimum atomic E-state index is -0.234. The van der Waals surface area contributed by atoms with E-state index in [0.29, 0.717) is 36.9 Å². The van der Waals surface area contributed by atoms with Crippen molar-refractivity contribution in [3.8, 4) is 5.75 Å². The molecule has 3 aromatic rings. The number of carbonyl (C=O) groups excluding carboxylic acids is 2. The van der Waals surface area contributed by atoms with Crippen LogP contribution in [-0.4, -0.2) is 38.7 Å². The topological polar surface area (TPSA) is 71.5 Å². The molecule has 208 valence electrons. The van der Waals surface area contributed by atoms with Gasteiger partial charge in [-0.25, -0.2) is 4.98 Å². The molecule has 1 aromatic heterocycles. The lowest BCUT2D eigenvalue weighted by atomic mass is 9.98.